The summed E-state index contributed by atoms with van der Waals surface area (Å²) in [6, 6.07) is 8.15. The van der Waals surface area contributed by atoms with Crippen LogP contribution in [0.3, 0.4) is 0 Å². The van der Waals surface area contributed by atoms with Crippen molar-refractivity contribution in [1.82, 2.24) is 4.98 Å². The highest BCUT2D eigenvalue weighted by Crippen LogP contribution is 2.39. The van der Waals surface area contributed by atoms with Crippen LogP contribution in [0.1, 0.15) is 52.9 Å². The van der Waals surface area contributed by atoms with Crippen molar-refractivity contribution in [2.24, 2.45) is 11.3 Å². The molecule has 3 rings (SSSR count). The van der Waals surface area contributed by atoms with Gasteiger partial charge in [-0.05, 0) is 61.3 Å². The van der Waals surface area contributed by atoms with Crippen LogP contribution in [-0.2, 0) is 4.79 Å². The number of nitrogens with zero attached hydrogens (tertiary/aromatic N) is 2. The number of thiazole rings is 1. The van der Waals surface area contributed by atoms with E-state index >= 15 is 0 Å². The molecule has 0 unspecified atom stereocenters. The molecule has 0 atom stereocenters. The van der Waals surface area contributed by atoms with Gasteiger partial charge >= 0.3 is 5.97 Å². The highest BCUT2D eigenvalue weighted by Gasteiger charge is 2.30. The average Bonchev–Trinajstić information content (AvgIpc) is 3.17. The van der Waals surface area contributed by atoms with E-state index in [4.69, 9.17) is 9.84 Å². The van der Waals surface area contributed by atoms with Gasteiger partial charge in [0.05, 0.1) is 18.2 Å². The molecule has 0 radical (unpaired) electrons. The van der Waals surface area contributed by atoms with Crippen LogP contribution in [0.5, 0.6) is 5.75 Å². The van der Waals surface area contributed by atoms with E-state index in [0.717, 1.165) is 40.9 Å². The van der Waals surface area contributed by atoms with Crippen molar-refractivity contribution in [2.75, 3.05) is 18.5 Å². The van der Waals surface area contributed by atoms with Crippen LogP contribution in [0.15, 0.2) is 29.6 Å². The largest absolute Gasteiger partial charge is 0.490 e. The van der Waals surface area contributed by atoms with E-state index in [9.17, 15) is 4.79 Å². The lowest BCUT2D eigenvalue weighted by Crippen LogP contribution is -2.30. The first-order valence-corrected chi connectivity index (χ1v) is 11.3. The van der Waals surface area contributed by atoms with E-state index in [2.05, 4.69) is 25.8 Å². The van der Waals surface area contributed by atoms with Crippen LogP contribution in [0.2, 0.25) is 0 Å². The Labute approximate surface area is 177 Å². The fraction of sp³-hybridized carbons (Fsp3) is 0.565. The Balaban J connectivity index is 1.55. The van der Waals surface area contributed by atoms with E-state index in [1.54, 1.807) is 0 Å². The third kappa shape index (κ3) is 5.95. The Morgan fingerprint density at radius 2 is 1.86 bits per heavy atom. The van der Waals surface area contributed by atoms with Gasteiger partial charge in [-0.3, -0.25) is 4.79 Å². The predicted molar refractivity (Wildman–Crippen MR) is 119 cm³/mol. The number of hydrogen-bond donors (Lipinski definition) is 1. The summed E-state index contributed by atoms with van der Waals surface area (Å²) in [5.41, 5.74) is 2.34. The number of carboxylic acids is 1. The molecule has 1 saturated carbocycles. The first-order valence-electron chi connectivity index (χ1n) is 10.4. The highest BCUT2D eigenvalue weighted by molar-refractivity contribution is 7.14. The second kappa shape index (κ2) is 9.16. The van der Waals surface area contributed by atoms with Gasteiger partial charge in [0.25, 0.3) is 0 Å². The van der Waals surface area contributed by atoms with Crippen molar-refractivity contribution in [3.8, 4) is 17.0 Å². The van der Waals surface area contributed by atoms with Crippen LogP contribution in [0, 0.1) is 11.3 Å². The summed E-state index contributed by atoms with van der Waals surface area (Å²) in [4.78, 5) is 17.3. The molecule has 1 aliphatic carbocycles. The van der Waals surface area contributed by atoms with E-state index in [0.29, 0.717) is 18.1 Å². The fourth-order valence-electron chi connectivity index (χ4n) is 3.87. The summed E-state index contributed by atoms with van der Waals surface area (Å²) in [7, 11) is 1.87. The van der Waals surface area contributed by atoms with Crippen LogP contribution in [0.25, 0.3) is 11.3 Å². The Morgan fingerprint density at radius 1 is 1.21 bits per heavy atom. The van der Waals surface area contributed by atoms with Crippen molar-refractivity contribution < 1.29 is 14.6 Å². The van der Waals surface area contributed by atoms with Gasteiger partial charge in [-0.15, -0.1) is 11.3 Å². The summed E-state index contributed by atoms with van der Waals surface area (Å²) in [5.74, 6) is 0.912. The molecule has 1 N–H and O–H groups in total. The number of hydrogen-bond acceptors (Lipinski definition) is 5. The summed E-state index contributed by atoms with van der Waals surface area (Å²) in [6.45, 7) is 7.47. The lowest BCUT2D eigenvalue weighted by atomic mass is 9.72. The smallest absolute Gasteiger partial charge is 0.305 e. The van der Waals surface area contributed by atoms with Crippen LogP contribution in [-0.4, -0.2) is 35.8 Å². The molecule has 0 saturated heterocycles. The first kappa shape index (κ1) is 21.6. The molecular weight excluding hydrogens is 384 g/mol. The van der Waals surface area contributed by atoms with E-state index in [1.165, 1.54) is 24.2 Å². The number of carboxylic acid groups (broad SMARTS) is 1. The topological polar surface area (TPSA) is 62.7 Å². The third-order valence-electron chi connectivity index (χ3n) is 5.83. The Hall–Kier alpha value is -2.08. The summed E-state index contributed by atoms with van der Waals surface area (Å²) < 4.78 is 6.22. The quantitative estimate of drug-likeness (QED) is 0.627. The minimum absolute atomic E-state index is 0.106. The first-order chi connectivity index (χ1) is 13.7. The highest BCUT2D eigenvalue weighted by atomic mass is 32.1. The molecule has 1 aromatic carbocycles. The number of carbonyl (C=O) groups is 1. The standard InChI is InChI=1S/C23H32N2O3S/c1-23(2,3)17-7-11-19(12-8-17)28-18-9-5-16(6-10-18)20-15-29-22(24-20)25(4)14-13-21(26)27/h5-6,9-10,15,17,19H,7-8,11-14H2,1-4H3,(H,26,27)/t17-,19+. The number of benzene rings is 1. The number of ether oxygens (including phenoxy) is 1. The molecular formula is C23H32N2O3S. The molecule has 0 spiro atoms. The maximum absolute atomic E-state index is 10.7. The Morgan fingerprint density at radius 3 is 2.45 bits per heavy atom. The van der Waals surface area contributed by atoms with Crippen LogP contribution < -0.4 is 9.64 Å². The SMILES string of the molecule is CN(CCC(=O)O)c1nc(-c2ccc(O[C@H]3CC[C@@H](C(C)(C)C)CC3)cc2)cs1. The van der Waals surface area contributed by atoms with Gasteiger partial charge in [-0.2, -0.15) is 0 Å². The number of aliphatic carboxylic acids is 1. The van der Waals surface area contributed by atoms with Gasteiger partial charge in [-0.25, -0.2) is 4.98 Å². The van der Waals surface area contributed by atoms with Crippen molar-refractivity contribution in [2.45, 2.75) is 59.0 Å². The third-order valence-corrected chi connectivity index (χ3v) is 6.79. The van der Waals surface area contributed by atoms with Crippen molar-refractivity contribution in [3.05, 3.63) is 29.6 Å². The zero-order valence-electron chi connectivity index (χ0n) is 17.9. The molecule has 2 aromatic rings. The lowest BCUT2D eigenvalue weighted by molar-refractivity contribution is -0.136. The van der Waals surface area contributed by atoms with Crippen molar-refractivity contribution in [1.29, 1.82) is 0 Å². The molecule has 158 valence electrons. The van der Waals surface area contributed by atoms with E-state index in [1.807, 2.05) is 41.6 Å². The molecule has 5 nitrogen and oxygen atoms in total. The second-order valence-electron chi connectivity index (χ2n) is 9.06. The van der Waals surface area contributed by atoms with E-state index < -0.39 is 5.97 Å². The Kier molecular flexibility index (Phi) is 6.83. The molecule has 1 aliphatic rings. The molecule has 29 heavy (non-hydrogen) atoms. The van der Waals surface area contributed by atoms with Crippen molar-refractivity contribution in [3.63, 3.8) is 0 Å². The lowest BCUT2D eigenvalue weighted by Gasteiger charge is -2.36. The van der Waals surface area contributed by atoms with Crippen molar-refractivity contribution >= 4 is 22.4 Å². The summed E-state index contributed by atoms with van der Waals surface area (Å²) >= 11 is 1.53. The van der Waals surface area contributed by atoms with Crippen LogP contribution in [0.4, 0.5) is 5.13 Å². The molecule has 0 amide bonds. The van der Waals surface area contributed by atoms with Gasteiger partial charge in [0.15, 0.2) is 5.13 Å². The summed E-state index contributed by atoms with van der Waals surface area (Å²) in [5, 5.41) is 11.7. The maximum atomic E-state index is 10.7. The maximum Gasteiger partial charge on any atom is 0.305 e. The zero-order valence-corrected chi connectivity index (χ0v) is 18.7. The molecule has 1 heterocycles. The number of aromatic nitrogens is 1. The molecule has 0 aliphatic heterocycles. The average molecular weight is 417 g/mol. The minimum atomic E-state index is -0.795. The molecule has 1 aromatic heterocycles. The van der Waals surface area contributed by atoms with E-state index in [-0.39, 0.29) is 6.42 Å². The number of rotatable bonds is 7. The van der Waals surface area contributed by atoms with Gasteiger partial charge in [0.2, 0.25) is 0 Å². The van der Waals surface area contributed by atoms with Gasteiger partial charge in [0.1, 0.15) is 5.75 Å². The molecule has 1 fully saturated rings. The molecule has 0 bridgehead atoms. The summed E-state index contributed by atoms with van der Waals surface area (Å²) in [6.07, 6.45) is 5.15. The second-order valence-corrected chi connectivity index (χ2v) is 9.90. The fourth-order valence-corrected chi connectivity index (χ4v) is 4.70. The monoisotopic (exact) mass is 416 g/mol. The minimum Gasteiger partial charge on any atom is -0.490 e. The Bertz CT molecular complexity index is 802. The van der Waals surface area contributed by atoms with Gasteiger partial charge in [0, 0.05) is 24.5 Å². The van der Waals surface area contributed by atoms with Gasteiger partial charge < -0.3 is 14.7 Å². The van der Waals surface area contributed by atoms with Crippen LogP contribution >= 0.6 is 11.3 Å². The normalized spacial score (nSPS) is 19.7. The number of anilines is 1. The van der Waals surface area contributed by atoms with Gasteiger partial charge in [-0.1, -0.05) is 20.8 Å². The molecule has 6 heteroatoms. The predicted octanol–water partition coefficient (Wildman–Crippen LogP) is 5.70. The zero-order chi connectivity index (χ0) is 21.0.